The van der Waals surface area contributed by atoms with E-state index in [-0.39, 0.29) is 5.41 Å². The molecule has 0 aliphatic carbocycles. The van der Waals surface area contributed by atoms with Crippen molar-refractivity contribution in [3.05, 3.63) is 174 Å². The fourth-order valence-corrected chi connectivity index (χ4v) is 8.86. The zero-order valence-electron chi connectivity index (χ0n) is 27.3. The van der Waals surface area contributed by atoms with Gasteiger partial charge < -0.3 is 4.90 Å². The van der Waals surface area contributed by atoms with Crippen molar-refractivity contribution in [3.8, 4) is 39.4 Å². The number of rotatable bonds is 4. The van der Waals surface area contributed by atoms with Crippen LogP contribution in [0.15, 0.2) is 158 Å². The maximum absolute atomic E-state index is 10.1. The number of anilines is 3. The van der Waals surface area contributed by atoms with Crippen LogP contribution >= 0.6 is 11.3 Å². The Bertz CT molecular complexity index is 2550. The van der Waals surface area contributed by atoms with Crippen molar-refractivity contribution < 1.29 is 0 Å². The predicted molar refractivity (Wildman–Crippen MR) is 207 cm³/mol. The molecule has 0 fully saturated rings. The van der Waals surface area contributed by atoms with E-state index in [0.717, 1.165) is 39.1 Å². The van der Waals surface area contributed by atoms with Gasteiger partial charge in [-0.2, -0.15) is 5.26 Å². The van der Waals surface area contributed by atoms with Crippen molar-refractivity contribution in [1.82, 2.24) is 0 Å². The molecule has 2 nitrogen and oxygen atoms in total. The quantitative estimate of drug-likeness (QED) is 0.191. The zero-order chi connectivity index (χ0) is 33.1. The first-order valence-corrected chi connectivity index (χ1v) is 17.5. The number of nitrogens with zero attached hydrogens (tertiary/aromatic N) is 2. The summed E-state index contributed by atoms with van der Waals surface area (Å²) < 4.78 is 2.53. The topological polar surface area (TPSA) is 27.0 Å². The Hall–Kier alpha value is -5.95. The Kier molecular flexibility index (Phi) is 6.76. The normalized spacial score (nSPS) is 13.2. The first-order chi connectivity index (χ1) is 24.0. The molecule has 232 valence electrons. The minimum Gasteiger partial charge on any atom is -0.310 e. The van der Waals surface area contributed by atoms with Crippen molar-refractivity contribution >= 4 is 48.6 Å². The second-order valence-corrected chi connectivity index (χ2v) is 14.4. The molecule has 9 rings (SSSR count). The van der Waals surface area contributed by atoms with Crippen molar-refractivity contribution in [2.45, 2.75) is 19.3 Å². The Morgan fingerprint density at radius 2 is 1.12 bits per heavy atom. The summed E-state index contributed by atoms with van der Waals surface area (Å²) in [6.07, 6.45) is 0. The zero-order valence-corrected chi connectivity index (χ0v) is 28.1. The molecule has 0 saturated carbocycles. The summed E-state index contributed by atoms with van der Waals surface area (Å²) in [6.45, 7) is 4.63. The second kappa shape index (κ2) is 11.3. The maximum atomic E-state index is 10.1. The van der Waals surface area contributed by atoms with Crippen molar-refractivity contribution in [1.29, 1.82) is 5.26 Å². The van der Waals surface area contributed by atoms with E-state index in [2.05, 4.69) is 170 Å². The van der Waals surface area contributed by atoms with Gasteiger partial charge in [0.25, 0.3) is 0 Å². The van der Waals surface area contributed by atoms with Gasteiger partial charge in [0.05, 0.1) is 23.0 Å². The van der Waals surface area contributed by atoms with Crippen LogP contribution in [0.2, 0.25) is 0 Å². The molecule has 0 unspecified atom stereocenters. The largest absolute Gasteiger partial charge is 0.310 e. The van der Waals surface area contributed by atoms with E-state index < -0.39 is 0 Å². The molecule has 0 spiro atoms. The van der Waals surface area contributed by atoms with Crippen LogP contribution in [0.5, 0.6) is 0 Å². The van der Waals surface area contributed by atoms with Gasteiger partial charge in [-0.25, -0.2) is 0 Å². The van der Waals surface area contributed by atoms with Gasteiger partial charge in [0.1, 0.15) is 0 Å². The fraction of sp³-hybridized carbons (Fsp3) is 0.0652. The first-order valence-electron chi connectivity index (χ1n) is 16.7. The molecule has 0 bridgehead atoms. The fourth-order valence-electron chi connectivity index (χ4n) is 7.62. The average molecular weight is 645 g/mol. The summed E-state index contributed by atoms with van der Waals surface area (Å²) in [6, 6.07) is 58.8. The average Bonchev–Trinajstić information content (AvgIpc) is 3.54. The monoisotopic (exact) mass is 644 g/mol. The van der Waals surface area contributed by atoms with Gasteiger partial charge in [-0.15, -0.1) is 11.3 Å². The van der Waals surface area contributed by atoms with Gasteiger partial charge in [-0.1, -0.05) is 117 Å². The number of nitriles is 1. The highest BCUT2D eigenvalue weighted by atomic mass is 32.1. The molecular formula is C46H32N2S. The summed E-state index contributed by atoms with van der Waals surface area (Å²) >= 11 is 1.82. The van der Waals surface area contributed by atoms with Gasteiger partial charge in [0, 0.05) is 31.3 Å². The van der Waals surface area contributed by atoms with Crippen molar-refractivity contribution in [2.75, 3.05) is 4.90 Å². The lowest BCUT2D eigenvalue weighted by atomic mass is 9.73. The summed E-state index contributed by atoms with van der Waals surface area (Å²) in [5, 5.41) is 12.6. The highest BCUT2D eigenvalue weighted by Gasteiger charge is 2.36. The molecule has 49 heavy (non-hydrogen) atoms. The third kappa shape index (κ3) is 4.76. The molecule has 0 atom stereocenters. The number of benzene rings is 7. The lowest BCUT2D eigenvalue weighted by molar-refractivity contribution is 0.632. The van der Waals surface area contributed by atoms with E-state index in [9.17, 15) is 5.26 Å². The molecule has 8 aromatic rings. The van der Waals surface area contributed by atoms with Crippen molar-refractivity contribution in [2.24, 2.45) is 0 Å². The van der Waals surface area contributed by atoms with E-state index in [1.54, 1.807) is 0 Å². The highest BCUT2D eigenvalue weighted by Crippen LogP contribution is 2.51. The molecule has 7 aromatic carbocycles. The van der Waals surface area contributed by atoms with E-state index >= 15 is 0 Å². The molecular weight excluding hydrogens is 613 g/mol. The standard InChI is InChI=1S/C46H32N2S/c1-46(2)40-16-4-6-18-42(40)48(43-19-7-5-17-41(43)46)36-23-21-31(22-24-36)32-11-9-12-33(27-32)34-25-30(29-47)26-35(28-34)37-14-10-15-39-38-13-3-8-20-44(38)49-45(37)39/h3-28H,1-2H3. The Morgan fingerprint density at radius 1 is 0.531 bits per heavy atom. The lowest BCUT2D eigenvalue weighted by Gasteiger charge is -2.42. The smallest absolute Gasteiger partial charge is 0.0992 e. The number of hydrogen-bond acceptors (Lipinski definition) is 3. The molecule has 1 aromatic heterocycles. The van der Waals surface area contributed by atoms with Crippen LogP contribution in [-0.4, -0.2) is 0 Å². The molecule has 0 amide bonds. The molecule has 1 aliphatic heterocycles. The lowest BCUT2D eigenvalue weighted by Crippen LogP contribution is -2.30. The van der Waals surface area contributed by atoms with Gasteiger partial charge in [0.2, 0.25) is 0 Å². The van der Waals surface area contributed by atoms with Crippen LogP contribution < -0.4 is 4.90 Å². The number of hydrogen-bond donors (Lipinski definition) is 0. The third-order valence-corrected chi connectivity index (χ3v) is 11.3. The Labute approximate surface area is 290 Å². The third-order valence-electron chi connectivity index (χ3n) is 10.1. The van der Waals surface area contributed by atoms with Gasteiger partial charge in [-0.05, 0) is 99.1 Å². The molecule has 3 heteroatoms. The van der Waals surface area contributed by atoms with E-state index in [1.165, 1.54) is 42.7 Å². The van der Waals surface area contributed by atoms with Crippen LogP contribution in [0, 0.1) is 11.3 Å². The van der Waals surface area contributed by atoms with Crippen molar-refractivity contribution in [3.63, 3.8) is 0 Å². The SMILES string of the molecule is CC1(C)c2ccccc2N(c2ccc(-c3cccc(-c4cc(C#N)cc(-c5cccc6c5sc5ccccc56)c4)c3)cc2)c2ccccc21. The van der Waals surface area contributed by atoms with Crippen LogP contribution in [0.25, 0.3) is 53.6 Å². The Balaban J connectivity index is 1.09. The number of fused-ring (bicyclic) bond motifs is 5. The first kappa shape index (κ1) is 29.2. The minimum absolute atomic E-state index is 0.0861. The van der Waals surface area contributed by atoms with Gasteiger partial charge in [0.15, 0.2) is 0 Å². The highest BCUT2D eigenvalue weighted by molar-refractivity contribution is 7.26. The van der Waals surface area contributed by atoms with Gasteiger partial charge in [-0.3, -0.25) is 0 Å². The summed E-state index contributed by atoms with van der Waals surface area (Å²) in [4.78, 5) is 2.39. The van der Waals surface area contributed by atoms with E-state index in [1.807, 2.05) is 23.5 Å². The molecule has 0 saturated heterocycles. The maximum Gasteiger partial charge on any atom is 0.0992 e. The van der Waals surface area contributed by atoms with Crippen LogP contribution in [-0.2, 0) is 5.41 Å². The van der Waals surface area contributed by atoms with Gasteiger partial charge >= 0.3 is 0 Å². The number of para-hydroxylation sites is 2. The van der Waals surface area contributed by atoms with Crippen LogP contribution in [0.3, 0.4) is 0 Å². The Morgan fingerprint density at radius 3 is 1.86 bits per heavy atom. The molecule has 0 radical (unpaired) electrons. The van der Waals surface area contributed by atoms with E-state index in [4.69, 9.17) is 0 Å². The molecule has 2 heterocycles. The van der Waals surface area contributed by atoms with E-state index in [0.29, 0.717) is 5.56 Å². The summed E-state index contributed by atoms with van der Waals surface area (Å²) in [5.41, 5.74) is 13.4. The second-order valence-electron chi connectivity index (χ2n) is 13.3. The summed E-state index contributed by atoms with van der Waals surface area (Å²) in [5.74, 6) is 0. The predicted octanol–water partition coefficient (Wildman–Crippen LogP) is 13.0. The van der Waals surface area contributed by atoms with Crippen LogP contribution in [0.4, 0.5) is 17.1 Å². The molecule has 0 N–H and O–H groups in total. The minimum atomic E-state index is -0.0861. The molecule has 1 aliphatic rings. The number of thiophene rings is 1. The summed E-state index contributed by atoms with van der Waals surface area (Å²) in [7, 11) is 0. The van der Waals surface area contributed by atoms with Crippen LogP contribution in [0.1, 0.15) is 30.5 Å².